The lowest BCUT2D eigenvalue weighted by molar-refractivity contribution is 0.121. The minimum absolute atomic E-state index is 0.600. The van der Waals surface area contributed by atoms with Gasteiger partial charge in [0.05, 0.1) is 12.3 Å². The maximum absolute atomic E-state index is 5.86. The Labute approximate surface area is 77.2 Å². The quantitative estimate of drug-likeness (QED) is 0.637. The number of benzene rings is 1. The van der Waals surface area contributed by atoms with Gasteiger partial charge in [-0.15, -0.1) is 0 Å². The highest BCUT2D eigenvalue weighted by atomic mass is 16.6. The Bertz CT molecular complexity index is 338. The molecule has 1 heterocycles. The standard InChI is InChI=1S/C10H12N2O/c1-7-3-2-4-8(11)10(7)9-5-6-13-12-9/h2-5,12H,6,11H2,1H3. The molecule has 2 rings (SSSR count). The first-order valence-corrected chi connectivity index (χ1v) is 4.22. The molecular weight excluding hydrogens is 164 g/mol. The van der Waals surface area contributed by atoms with E-state index in [-0.39, 0.29) is 0 Å². The average molecular weight is 176 g/mol. The minimum Gasteiger partial charge on any atom is -0.398 e. The van der Waals surface area contributed by atoms with E-state index in [2.05, 4.69) is 5.48 Å². The molecule has 0 bridgehead atoms. The highest BCUT2D eigenvalue weighted by Gasteiger charge is 2.11. The van der Waals surface area contributed by atoms with Crippen molar-refractivity contribution in [1.82, 2.24) is 5.48 Å². The lowest BCUT2D eigenvalue weighted by Gasteiger charge is -2.09. The van der Waals surface area contributed by atoms with Crippen LogP contribution in [0, 0.1) is 6.92 Å². The molecule has 1 aromatic carbocycles. The van der Waals surface area contributed by atoms with Gasteiger partial charge in [-0.2, -0.15) is 0 Å². The Hall–Kier alpha value is -1.48. The second kappa shape index (κ2) is 3.11. The number of nitrogen functional groups attached to an aromatic ring is 1. The maximum atomic E-state index is 5.86. The SMILES string of the molecule is Cc1cccc(N)c1C1=CCON1. The number of rotatable bonds is 1. The number of hydroxylamine groups is 1. The molecule has 13 heavy (non-hydrogen) atoms. The zero-order valence-corrected chi connectivity index (χ0v) is 7.50. The van der Waals surface area contributed by atoms with Crippen LogP contribution in [0.5, 0.6) is 0 Å². The predicted molar refractivity (Wildman–Crippen MR) is 52.7 cm³/mol. The highest BCUT2D eigenvalue weighted by Crippen LogP contribution is 2.24. The molecule has 1 aromatic rings. The van der Waals surface area contributed by atoms with Crippen LogP contribution in [0.4, 0.5) is 5.69 Å². The Morgan fingerprint density at radius 3 is 2.92 bits per heavy atom. The molecule has 0 aliphatic carbocycles. The second-order valence-corrected chi connectivity index (χ2v) is 3.07. The molecule has 0 saturated carbocycles. The van der Waals surface area contributed by atoms with Crippen LogP contribution in [0.3, 0.4) is 0 Å². The monoisotopic (exact) mass is 176 g/mol. The Morgan fingerprint density at radius 2 is 2.31 bits per heavy atom. The summed E-state index contributed by atoms with van der Waals surface area (Å²) in [4.78, 5) is 5.02. The zero-order chi connectivity index (χ0) is 9.26. The molecule has 0 fully saturated rings. The van der Waals surface area contributed by atoms with Gasteiger partial charge in [0, 0.05) is 11.3 Å². The lowest BCUT2D eigenvalue weighted by atomic mass is 10.0. The van der Waals surface area contributed by atoms with Gasteiger partial charge in [-0.25, -0.2) is 0 Å². The van der Waals surface area contributed by atoms with Gasteiger partial charge < -0.3 is 5.73 Å². The van der Waals surface area contributed by atoms with Crippen molar-refractivity contribution >= 4 is 11.4 Å². The van der Waals surface area contributed by atoms with E-state index >= 15 is 0 Å². The first-order valence-electron chi connectivity index (χ1n) is 4.22. The summed E-state index contributed by atoms with van der Waals surface area (Å²) in [6.07, 6.45) is 1.98. The van der Waals surface area contributed by atoms with Crippen LogP contribution < -0.4 is 11.2 Å². The molecular formula is C10H12N2O. The van der Waals surface area contributed by atoms with Crippen LogP contribution in [-0.4, -0.2) is 6.61 Å². The summed E-state index contributed by atoms with van der Waals surface area (Å²) in [5.41, 5.74) is 12.6. The van der Waals surface area contributed by atoms with Crippen LogP contribution in [-0.2, 0) is 4.84 Å². The Morgan fingerprint density at radius 1 is 1.46 bits per heavy atom. The molecule has 3 N–H and O–H groups in total. The molecule has 0 aromatic heterocycles. The third-order valence-corrected chi connectivity index (χ3v) is 2.13. The molecule has 0 unspecified atom stereocenters. The molecule has 3 nitrogen and oxygen atoms in total. The molecule has 3 heteroatoms. The van der Waals surface area contributed by atoms with Crippen molar-refractivity contribution in [2.75, 3.05) is 12.3 Å². The molecule has 1 aliphatic heterocycles. The minimum atomic E-state index is 0.600. The number of nitrogens with two attached hydrogens (primary N) is 1. The van der Waals surface area contributed by atoms with E-state index in [0.717, 1.165) is 22.5 Å². The summed E-state index contributed by atoms with van der Waals surface area (Å²) in [6, 6.07) is 5.88. The number of aryl methyl sites for hydroxylation is 1. The number of hydrogen-bond donors (Lipinski definition) is 2. The van der Waals surface area contributed by atoms with Gasteiger partial charge >= 0.3 is 0 Å². The first-order chi connectivity index (χ1) is 6.29. The number of anilines is 1. The van der Waals surface area contributed by atoms with Crippen molar-refractivity contribution < 1.29 is 4.84 Å². The largest absolute Gasteiger partial charge is 0.398 e. The van der Waals surface area contributed by atoms with Crippen LogP contribution >= 0.6 is 0 Å². The molecule has 0 amide bonds. The Balaban J connectivity index is 2.49. The van der Waals surface area contributed by atoms with Crippen molar-refractivity contribution in [3.8, 4) is 0 Å². The van der Waals surface area contributed by atoms with Crippen LogP contribution in [0.25, 0.3) is 5.70 Å². The fourth-order valence-electron chi connectivity index (χ4n) is 1.50. The molecule has 1 aliphatic rings. The van der Waals surface area contributed by atoms with Crippen molar-refractivity contribution in [2.24, 2.45) is 0 Å². The normalized spacial score (nSPS) is 15.3. The predicted octanol–water partition coefficient (Wildman–Crippen LogP) is 1.45. The Kier molecular flexibility index (Phi) is 1.94. The van der Waals surface area contributed by atoms with E-state index in [1.165, 1.54) is 0 Å². The topological polar surface area (TPSA) is 47.3 Å². The van der Waals surface area contributed by atoms with Crippen molar-refractivity contribution in [2.45, 2.75) is 6.92 Å². The lowest BCUT2D eigenvalue weighted by Crippen LogP contribution is -2.08. The summed E-state index contributed by atoms with van der Waals surface area (Å²) < 4.78 is 0. The number of nitrogens with one attached hydrogen (secondary N) is 1. The van der Waals surface area contributed by atoms with Crippen molar-refractivity contribution in [1.29, 1.82) is 0 Å². The van der Waals surface area contributed by atoms with Gasteiger partial charge in [-0.1, -0.05) is 12.1 Å². The molecule has 0 radical (unpaired) electrons. The van der Waals surface area contributed by atoms with E-state index < -0.39 is 0 Å². The molecule has 0 atom stereocenters. The fourth-order valence-corrected chi connectivity index (χ4v) is 1.50. The second-order valence-electron chi connectivity index (χ2n) is 3.07. The fraction of sp³-hybridized carbons (Fsp3) is 0.200. The molecule has 0 saturated heterocycles. The zero-order valence-electron chi connectivity index (χ0n) is 7.50. The van der Waals surface area contributed by atoms with Crippen molar-refractivity contribution in [3.63, 3.8) is 0 Å². The highest BCUT2D eigenvalue weighted by molar-refractivity contribution is 5.76. The van der Waals surface area contributed by atoms with Gasteiger partial charge in [0.2, 0.25) is 0 Å². The average Bonchev–Trinajstić information content (AvgIpc) is 2.57. The number of hydrogen-bond acceptors (Lipinski definition) is 3. The van der Waals surface area contributed by atoms with Crippen LogP contribution in [0.1, 0.15) is 11.1 Å². The maximum Gasteiger partial charge on any atom is 0.0951 e. The van der Waals surface area contributed by atoms with Gasteiger partial charge in [-0.05, 0) is 24.6 Å². The van der Waals surface area contributed by atoms with E-state index in [9.17, 15) is 0 Å². The van der Waals surface area contributed by atoms with E-state index in [0.29, 0.717) is 6.61 Å². The molecule has 68 valence electrons. The van der Waals surface area contributed by atoms with E-state index in [1.807, 2.05) is 31.2 Å². The van der Waals surface area contributed by atoms with E-state index in [4.69, 9.17) is 10.6 Å². The van der Waals surface area contributed by atoms with Gasteiger partial charge in [-0.3, -0.25) is 10.3 Å². The van der Waals surface area contributed by atoms with Crippen LogP contribution in [0.15, 0.2) is 24.3 Å². The first kappa shape index (κ1) is 8.13. The summed E-state index contributed by atoms with van der Waals surface area (Å²) >= 11 is 0. The third kappa shape index (κ3) is 1.38. The van der Waals surface area contributed by atoms with Gasteiger partial charge in [0.1, 0.15) is 0 Å². The summed E-state index contributed by atoms with van der Waals surface area (Å²) in [7, 11) is 0. The third-order valence-electron chi connectivity index (χ3n) is 2.13. The van der Waals surface area contributed by atoms with Crippen molar-refractivity contribution in [3.05, 3.63) is 35.4 Å². The summed E-state index contributed by atoms with van der Waals surface area (Å²) in [5.74, 6) is 0. The van der Waals surface area contributed by atoms with Gasteiger partial charge in [0.15, 0.2) is 0 Å². The van der Waals surface area contributed by atoms with E-state index in [1.54, 1.807) is 0 Å². The van der Waals surface area contributed by atoms with Crippen LogP contribution in [0.2, 0.25) is 0 Å². The summed E-state index contributed by atoms with van der Waals surface area (Å²) in [5, 5.41) is 0. The smallest absolute Gasteiger partial charge is 0.0951 e. The summed E-state index contributed by atoms with van der Waals surface area (Å²) in [6.45, 7) is 2.63. The molecule has 0 spiro atoms. The van der Waals surface area contributed by atoms with Gasteiger partial charge in [0.25, 0.3) is 0 Å².